The van der Waals surface area contributed by atoms with Crippen LogP contribution in [0.5, 0.6) is 0 Å². The monoisotopic (exact) mass is 318 g/mol. The number of hydrogen-bond acceptors (Lipinski definition) is 3. The Balaban J connectivity index is 2.02. The third kappa shape index (κ3) is 3.60. The van der Waals surface area contributed by atoms with Crippen LogP contribution in [0.15, 0.2) is 66.7 Å². The molecule has 0 amide bonds. The molecule has 3 rings (SSSR count). The molecular formula is C20H18N2O2. The summed E-state index contributed by atoms with van der Waals surface area (Å²) in [5.74, 6) is 0.234. The number of H-pyrrole nitrogens is 1. The predicted molar refractivity (Wildman–Crippen MR) is 95.1 cm³/mol. The molecule has 1 N–H and O–H groups in total. The van der Waals surface area contributed by atoms with E-state index in [4.69, 9.17) is 4.74 Å². The van der Waals surface area contributed by atoms with E-state index < -0.39 is 0 Å². The van der Waals surface area contributed by atoms with Crippen LogP contribution in [-0.4, -0.2) is 22.5 Å². The molecule has 0 saturated carbocycles. The number of rotatable bonds is 5. The van der Waals surface area contributed by atoms with E-state index in [1.54, 1.807) is 13.0 Å². The molecule has 2 aromatic carbocycles. The second kappa shape index (κ2) is 7.42. The highest BCUT2D eigenvalue weighted by molar-refractivity contribution is 5.87. The minimum absolute atomic E-state index is 0.353. The Hall–Kier alpha value is -3.14. The second-order valence-electron chi connectivity index (χ2n) is 5.16. The van der Waals surface area contributed by atoms with Gasteiger partial charge in [-0.2, -0.15) is 0 Å². The molecule has 4 nitrogen and oxygen atoms in total. The van der Waals surface area contributed by atoms with Crippen molar-refractivity contribution in [3.63, 3.8) is 0 Å². The fourth-order valence-corrected chi connectivity index (χ4v) is 2.43. The summed E-state index contributed by atoms with van der Waals surface area (Å²) in [5.41, 5.74) is 3.83. The summed E-state index contributed by atoms with van der Waals surface area (Å²) in [6.45, 7) is 2.13. The van der Waals surface area contributed by atoms with Crippen LogP contribution in [0.25, 0.3) is 28.6 Å². The quantitative estimate of drug-likeness (QED) is 0.563. The minimum Gasteiger partial charge on any atom is -0.463 e. The number of carbonyl (C=O) groups is 1. The molecule has 0 radical (unpaired) electrons. The van der Waals surface area contributed by atoms with Gasteiger partial charge in [-0.25, -0.2) is 9.78 Å². The molecule has 0 aliphatic rings. The Kier molecular flexibility index (Phi) is 4.87. The molecule has 24 heavy (non-hydrogen) atoms. The molecule has 0 bridgehead atoms. The minimum atomic E-state index is -0.378. The number of benzene rings is 2. The molecule has 0 saturated heterocycles. The number of imidazole rings is 1. The van der Waals surface area contributed by atoms with E-state index in [1.165, 1.54) is 6.08 Å². The van der Waals surface area contributed by atoms with Crippen LogP contribution in [-0.2, 0) is 9.53 Å². The van der Waals surface area contributed by atoms with Gasteiger partial charge in [0.25, 0.3) is 0 Å². The van der Waals surface area contributed by atoms with E-state index in [1.807, 2.05) is 60.7 Å². The molecule has 120 valence electrons. The second-order valence-corrected chi connectivity index (χ2v) is 5.16. The van der Waals surface area contributed by atoms with Gasteiger partial charge in [0.15, 0.2) is 0 Å². The van der Waals surface area contributed by atoms with E-state index in [0.717, 1.165) is 22.5 Å². The average Bonchev–Trinajstić information content (AvgIpc) is 3.06. The zero-order valence-electron chi connectivity index (χ0n) is 13.4. The van der Waals surface area contributed by atoms with Gasteiger partial charge in [0.05, 0.1) is 18.0 Å². The van der Waals surface area contributed by atoms with Gasteiger partial charge in [-0.15, -0.1) is 0 Å². The van der Waals surface area contributed by atoms with Crippen molar-refractivity contribution in [2.24, 2.45) is 0 Å². The zero-order valence-corrected chi connectivity index (χ0v) is 13.4. The van der Waals surface area contributed by atoms with Gasteiger partial charge in [-0.05, 0) is 13.0 Å². The van der Waals surface area contributed by atoms with Crippen LogP contribution in [0.2, 0.25) is 0 Å². The fourth-order valence-electron chi connectivity index (χ4n) is 2.43. The lowest BCUT2D eigenvalue weighted by atomic mass is 10.1. The van der Waals surface area contributed by atoms with Crippen molar-refractivity contribution in [3.05, 3.63) is 72.6 Å². The lowest BCUT2D eigenvalue weighted by Crippen LogP contribution is -1.98. The van der Waals surface area contributed by atoms with Gasteiger partial charge in [0, 0.05) is 17.2 Å². The van der Waals surface area contributed by atoms with Gasteiger partial charge in [-0.3, -0.25) is 0 Å². The van der Waals surface area contributed by atoms with Gasteiger partial charge < -0.3 is 9.72 Å². The SMILES string of the molecule is CCOC(=O)C=Cc1nc(-c2ccccc2)c(-c2ccccc2)[nH]1. The van der Waals surface area contributed by atoms with Crippen molar-refractivity contribution in [2.45, 2.75) is 6.92 Å². The van der Waals surface area contributed by atoms with E-state index in [0.29, 0.717) is 12.4 Å². The van der Waals surface area contributed by atoms with Crippen LogP contribution in [0.1, 0.15) is 12.7 Å². The third-order valence-corrected chi connectivity index (χ3v) is 3.50. The maximum absolute atomic E-state index is 11.5. The lowest BCUT2D eigenvalue weighted by molar-refractivity contribution is -0.137. The maximum Gasteiger partial charge on any atom is 0.330 e. The Morgan fingerprint density at radius 2 is 1.67 bits per heavy atom. The molecule has 0 fully saturated rings. The molecular weight excluding hydrogens is 300 g/mol. The van der Waals surface area contributed by atoms with Gasteiger partial charge >= 0.3 is 5.97 Å². The molecule has 0 aliphatic carbocycles. The number of carbonyl (C=O) groups excluding carboxylic acids is 1. The molecule has 3 aromatic rings. The summed E-state index contributed by atoms with van der Waals surface area (Å²) in [6, 6.07) is 20.0. The Bertz CT molecular complexity index is 780. The van der Waals surface area contributed by atoms with E-state index >= 15 is 0 Å². The number of aromatic amines is 1. The maximum atomic E-state index is 11.5. The van der Waals surface area contributed by atoms with Crippen LogP contribution in [0.4, 0.5) is 0 Å². The van der Waals surface area contributed by atoms with Gasteiger partial charge in [-0.1, -0.05) is 60.7 Å². The van der Waals surface area contributed by atoms with E-state index in [2.05, 4.69) is 9.97 Å². The highest BCUT2D eigenvalue weighted by Gasteiger charge is 2.12. The molecule has 0 spiro atoms. The van der Waals surface area contributed by atoms with Crippen molar-refractivity contribution < 1.29 is 9.53 Å². The summed E-state index contributed by atoms with van der Waals surface area (Å²) >= 11 is 0. The first-order valence-corrected chi connectivity index (χ1v) is 7.83. The topological polar surface area (TPSA) is 55.0 Å². The van der Waals surface area contributed by atoms with Gasteiger partial charge in [0.1, 0.15) is 5.82 Å². The van der Waals surface area contributed by atoms with Crippen LogP contribution in [0.3, 0.4) is 0 Å². The first-order chi connectivity index (χ1) is 11.8. The van der Waals surface area contributed by atoms with Crippen molar-refractivity contribution >= 4 is 12.0 Å². The summed E-state index contributed by atoms with van der Waals surface area (Å²) < 4.78 is 4.90. The Morgan fingerprint density at radius 3 is 2.29 bits per heavy atom. The normalized spacial score (nSPS) is 10.9. The van der Waals surface area contributed by atoms with Crippen LogP contribution >= 0.6 is 0 Å². The lowest BCUT2D eigenvalue weighted by Gasteiger charge is -2.02. The standard InChI is InChI=1S/C20H18N2O2/c1-2-24-18(23)14-13-17-21-19(15-9-5-3-6-10-15)20(22-17)16-11-7-4-8-12-16/h3-14H,2H2,1H3,(H,21,22). The van der Waals surface area contributed by atoms with Crippen molar-refractivity contribution in [1.29, 1.82) is 0 Å². The highest BCUT2D eigenvalue weighted by Crippen LogP contribution is 2.30. The van der Waals surface area contributed by atoms with Gasteiger partial charge in [0.2, 0.25) is 0 Å². The van der Waals surface area contributed by atoms with Crippen LogP contribution in [0, 0.1) is 0 Å². The average molecular weight is 318 g/mol. The summed E-state index contributed by atoms with van der Waals surface area (Å²) in [7, 11) is 0. The molecule has 1 heterocycles. The number of nitrogens with zero attached hydrogens (tertiary/aromatic N) is 1. The smallest absolute Gasteiger partial charge is 0.330 e. The molecule has 4 heteroatoms. The largest absolute Gasteiger partial charge is 0.463 e. The molecule has 1 aromatic heterocycles. The Morgan fingerprint density at radius 1 is 1.04 bits per heavy atom. The first kappa shape index (κ1) is 15.7. The third-order valence-electron chi connectivity index (χ3n) is 3.50. The number of nitrogens with one attached hydrogen (secondary N) is 1. The molecule has 0 atom stereocenters. The number of esters is 1. The van der Waals surface area contributed by atoms with Crippen LogP contribution < -0.4 is 0 Å². The van der Waals surface area contributed by atoms with E-state index in [-0.39, 0.29) is 5.97 Å². The summed E-state index contributed by atoms with van der Waals surface area (Å²) in [6.07, 6.45) is 3.02. The Labute approximate surface area is 140 Å². The molecule has 0 aliphatic heterocycles. The molecule has 0 unspecified atom stereocenters. The fraction of sp³-hybridized carbons (Fsp3) is 0.100. The van der Waals surface area contributed by atoms with Crippen molar-refractivity contribution in [3.8, 4) is 22.5 Å². The van der Waals surface area contributed by atoms with E-state index in [9.17, 15) is 4.79 Å². The summed E-state index contributed by atoms with van der Waals surface area (Å²) in [4.78, 5) is 19.4. The predicted octanol–water partition coefficient (Wildman–Crippen LogP) is 4.32. The van der Waals surface area contributed by atoms with Crippen molar-refractivity contribution in [1.82, 2.24) is 9.97 Å². The summed E-state index contributed by atoms with van der Waals surface area (Å²) in [5, 5.41) is 0. The number of aromatic nitrogens is 2. The first-order valence-electron chi connectivity index (χ1n) is 7.83. The highest BCUT2D eigenvalue weighted by atomic mass is 16.5. The number of hydrogen-bond donors (Lipinski definition) is 1. The van der Waals surface area contributed by atoms with Crippen molar-refractivity contribution in [2.75, 3.05) is 6.61 Å². The number of ether oxygens (including phenoxy) is 1. The zero-order chi connectivity index (χ0) is 16.8.